The minimum Gasteiger partial charge on any atom is -0.462 e. The number of unbranched alkanes of at least 4 members (excludes halogenated alkanes) is 38. The normalized spacial score (nSPS) is 14.7. The van der Waals surface area contributed by atoms with Gasteiger partial charge in [-0.2, -0.15) is 0 Å². The van der Waals surface area contributed by atoms with Gasteiger partial charge in [-0.3, -0.25) is 37.3 Å². The van der Waals surface area contributed by atoms with E-state index in [2.05, 4.69) is 55.4 Å². The zero-order chi connectivity index (χ0) is 71.0. The average Bonchev–Trinajstić information content (AvgIpc) is 1.09. The first kappa shape index (κ1) is 94.1. The molecular formula is C77H150O17P2. The van der Waals surface area contributed by atoms with Crippen molar-refractivity contribution < 1.29 is 80.2 Å². The molecule has 0 fully saturated rings. The van der Waals surface area contributed by atoms with Gasteiger partial charge in [0.05, 0.1) is 26.4 Å². The molecule has 7 atom stereocenters. The summed E-state index contributed by atoms with van der Waals surface area (Å²) in [6, 6.07) is 0. The fraction of sp³-hybridized carbons (Fsp3) is 0.948. The molecule has 0 aliphatic carbocycles. The lowest BCUT2D eigenvalue weighted by Crippen LogP contribution is -2.30. The highest BCUT2D eigenvalue weighted by Crippen LogP contribution is 2.45. The molecule has 0 saturated heterocycles. The van der Waals surface area contributed by atoms with Crippen LogP contribution in [0.3, 0.4) is 0 Å². The number of esters is 4. The van der Waals surface area contributed by atoms with Crippen molar-refractivity contribution in [2.24, 2.45) is 23.7 Å². The summed E-state index contributed by atoms with van der Waals surface area (Å²) >= 11 is 0. The highest BCUT2D eigenvalue weighted by Gasteiger charge is 2.30. The van der Waals surface area contributed by atoms with Crippen LogP contribution in [0.5, 0.6) is 0 Å². The van der Waals surface area contributed by atoms with Crippen LogP contribution in [0.1, 0.15) is 389 Å². The Kier molecular flexibility index (Phi) is 65.0. The predicted octanol–water partition coefficient (Wildman–Crippen LogP) is 22.4. The van der Waals surface area contributed by atoms with E-state index in [1.165, 1.54) is 186 Å². The van der Waals surface area contributed by atoms with Crippen LogP contribution >= 0.6 is 15.6 Å². The van der Waals surface area contributed by atoms with Crippen molar-refractivity contribution in [3.63, 3.8) is 0 Å². The maximum absolute atomic E-state index is 13.1. The monoisotopic (exact) mass is 1410 g/mol. The van der Waals surface area contributed by atoms with E-state index < -0.39 is 97.5 Å². The van der Waals surface area contributed by atoms with Crippen LogP contribution in [0.4, 0.5) is 0 Å². The first-order valence-electron chi connectivity index (χ1n) is 39.8. The van der Waals surface area contributed by atoms with E-state index >= 15 is 0 Å². The number of phosphoric acid groups is 2. The second-order valence-electron chi connectivity index (χ2n) is 29.2. The topological polar surface area (TPSA) is 237 Å². The Morgan fingerprint density at radius 3 is 0.740 bits per heavy atom. The fourth-order valence-corrected chi connectivity index (χ4v) is 13.2. The zero-order valence-electron chi connectivity index (χ0n) is 63.0. The molecule has 4 unspecified atom stereocenters. The van der Waals surface area contributed by atoms with Gasteiger partial charge in [0.2, 0.25) is 0 Å². The number of hydrogen-bond donors (Lipinski definition) is 3. The largest absolute Gasteiger partial charge is 0.472 e. The van der Waals surface area contributed by atoms with Crippen molar-refractivity contribution in [1.82, 2.24) is 0 Å². The SMILES string of the molecule is CCC(C)CCCCCCCCCCCCCCCCC(=O)O[C@H](COC(=O)CCCCCCCCC(C)CC)COP(=O)(O)OC[C@H](O)COP(=O)(O)OC[C@@H](COC(=O)CCCCCCCCCCCC(C)C)OC(=O)CCCCCCCCCCCCCCCC(C)C. The van der Waals surface area contributed by atoms with Crippen molar-refractivity contribution in [2.75, 3.05) is 39.6 Å². The molecule has 0 saturated carbocycles. The summed E-state index contributed by atoms with van der Waals surface area (Å²) in [5, 5.41) is 10.6. The molecule has 0 bridgehead atoms. The van der Waals surface area contributed by atoms with Gasteiger partial charge in [-0.05, 0) is 49.4 Å². The summed E-state index contributed by atoms with van der Waals surface area (Å²) < 4.78 is 68.6. The number of ether oxygens (including phenoxy) is 4. The summed E-state index contributed by atoms with van der Waals surface area (Å²) in [7, 11) is -9.92. The first-order chi connectivity index (χ1) is 46.2. The third kappa shape index (κ3) is 67.9. The lowest BCUT2D eigenvalue weighted by atomic mass is 9.99. The number of phosphoric ester groups is 2. The van der Waals surface area contributed by atoms with E-state index in [0.717, 1.165) is 120 Å². The summed E-state index contributed by atoms with van der Waals surface area (Å²) in [6.07, 6.45) is 51.3. The molecule has 0 aromatic carbocycles. The number of hydrogen-bond acceptors (Lipinski definition) is 15. The predicted molar refractivity (Wildman–Crippen MR) is 391 cm³/mol. The number of rotatable bonds is 74. The van der Waals surface area contributed by atoms with Gasteiger partial charge >= 0.3 is 39.5 Å². The van der Waals surface area contributed by atoms with Gasteiger partial charge in [0.1, 0.15) is 19.3 Å². The maximum atomic E-state index is 13.1. The van der Waals surface area contributed by atoms with E-state index in [1.54, 1.807) is 0 Å². The van der Waals surface area contributed by atoms with Gasteiger partial charge in [0.25, 0.3) is 0 Å². The molecule has 17 nitrogen and oxygen atoms in total. The summed E-state index contributed by atoms with van der Waals surface area (Å²) in [5.74, 6) is 0.987. The minimum atomic E-state index is -4.96. The first-order valence-corrected chi connectivity index (χ1v) is 42.8. The van der Waals surface area contributed by atoms with Crippen LogP contribution in [-0.4, -0.2) is 96.7 Å². The summed E-state index contributed by atoms with van der Waals surface area (Å²) in [4.78, 5) is 72.9. The molecule has 0 aliphatic rings. The van der Waals surface area contributed by atoms with Crippen LogP contribution in [0.2, 0.25) is 0 Å². The zero-order valence-corrected chi connectivity index (χ0v) is 64.8. The molecule has 19 heteroatoms. The number of carbonyl (C=O) groups excluding carboxylic acids is 4. The minimum absolute atomic E-state index is 0.106. The molecule has 0 rings (SSSR count). The number of aliphatic hydroxyl groups is 1. The fourth-order valence-electron chi connectivity index (χ4n) is 11.7. The molecule has 0 radical (unpaired) electrons. The van der Waals surface area contributed by atoms with E-state index in [9.17, 15) is 43.2 Å². The Bertz CT molecular complexity index is 1890. The molecule has 0 spiro atoms. The smallest absolute Gasteiger partial charge is 0.462 e. The molecule has 3 N–H and O–H groups in total. The molecule has 0 aliphatic heterocycles. The van der Waals surface area contributed by atoms with E-state index in [0.29, 0.717) is 25.7 Å². The summed E-state index contributed by atoms with van der Waals surface area (Å²) in [5.41, 5.74) is 0. The van der Waals surface area contributed by atoms with Crippen LogP contribution < -0.4 is 0 Å². The molecule has 0 heterocycles. The maximum Gasteiger partial charge on any atom is 0.472 e. The Morgan fingerprint density at radius 1 is 0.292 bits per heavy atom. The molecule has 0 amide bonds. The van der Waals surface area contributed by atoms with E-state index in [4.69, 9.17) is 37.0 Å². The Balaban J connectivity index is 5.24. The van der Waals surface area contributed by atoms with E-state index in [1.807, 2.05) is 0 Å². The van der Waals surface area contributed by atoms with Gasteiger partial charge in [0.15, 0.2) is 12.2 Å². The third-order valence-electron chi connectivity index (χ3n) is 18.5. The summed E-state index contributed by atoms with van der Waals surface area (Å²) in [6.45, 7) is 14.2. The van der Waals surface area contributed by atoms with Gasteiger partial charge in [-0.15, -0.1) is 0 Å². The van der Waals surface area contributed by atoms with Gasteiger partial charge in [-0.1, -0.05) is 338 Å². The molecule has 96 heavy (non-hydrogen) atoms. The van der Waals surface area contributed by atoms with Crippen LogP contribution in [-0.2, 0) is 65.4 Å². The van der Waals surface area contributed by atoms with Gasteiger partial charge in [0, 0.05) is 25.7 Å². The van der Waals surface area contributed by atoms with Gasteiger partial charge in [-0.25, -0.2) is 9.13 Å². The molecule has 0 aromatic heterocycles. The average molecular weight is 1410 g/mol. The highest BCUT2D eigenvalue weighted by molar-refractivity contribution is 7.47. The van der Waals surface area contributed by atoms with Crippen LogP contribution in [0.25, 0.3) is 0 Å². The van der Waals surface area contributed by atoms with Crippen LogP contribution in [0, 0.1) is 23.7 Å². The third-order valence-corrected chi connectivity index (χ3v) is 20.4. The standard InChI is InChI=1S/C77H150O17P2/c1-9-69(7)55-47-39-31-25-19-15-11-12-16-20-26-33-43-51-59-77(82)94-73(64-88-75(80)58-50-42-36-35-40-48-56-70(8)10-2)66-92-96(85,86)90-62-71(78)61-89-95(83,84)91-65-72(63-87-74(79)57-49-41-32-28-22-24-30-38-46-54-68(5)6)93-76(81)60-52-44-34-27-21-17-13-14-18-23-29-37-45-53-67(3)4/h67-73,78H,9-66H2,1-8H3,(H,83,84)(H,85,86)/t69?,70?,71-,72-,73-/m1/s1. The second kappa shape index (κ2) is 66.3. The van der Waals surface area contributed by atoms with Crippen molar-refractivity contribution in [2.45, 2.75) is 408 Å². The molecule has 570 valence electrons. The van der Waals surface area contributed by atoms with Crippen LogP contribution in [0.15, 0.2) is 0 Å². The Labute approximate surface area is 588 Å². The molecular weight excluding hydrogens is 1260 g/mol. The van der Waals surface area contributed by atoms with Crippen molar-refractivity contribution in [1.29, 1.82) is 0 Å². The number of aliphatic hydroxyl groups excluding tert-OH is 1. The Morgan fingerprint density at radius 2 is 0.500 bits per heavy atom. The van der Waals surface area contributed by atoms with Gasteiger partial charge < -0.3 is 33.8 Å². The quantitative estimate of drug-likeness (QED) is 0.0222. The van der Waals surface area contributed by atoms with Crippen molar-refractivity contribution in [3.05, 3.63) is 0 Å². The Hall–Kier alpha value is -1.94. The lowest BCUT2D eigenvalue weighted by molar-refractivity contribution is -0.161. The lowest BCUT2D eigenvalue weighted by Gasteiger charge is -2.21. The van der Waals surface area contributed by atoms with Crippen molar-refractivity contribution >= 4 is 39.5 Å². The highest BCUT2D eigenvalue weighted by atomic mass is 31.2. The molecule has 0 aromatic rings. The number of carbonyl (C=O) groups is 4. The van der Waals surface area contributed by atoms with Crippen molar-refractivity contribution in [3.8, 4) is 0 Å². The van der Waals surface area contributed by atoms with E-state index in [-0.39, 0.29) is 25.7 Å². The second-order valence-corrected chi connectivity index (χ2v) is 32.1.